The number of anilines is 1. The summed E-state index contributed by atoms with van der Waals surface area (Å²) in [6, 6.07) is 19.0. The number of nitrogens with zero attached hydrogens (tertiary/aromatic N) is 1. The number of rotatable bonds is 6. The van der Waals surface area contributed by atoms with Gasteiger partial charge in [-0.1, -0.05) is 18.2 Å². The lowest BCUT2D eigenvalue weighted by Crippen LogP contribution is -2.15. The lowest BCUT2D eigenvalue weighted by atomic mass is 10.1. The predicted molar refractivity (Wildman–Crippen MR) is 119 cm³/mol. The van der Waals surface area contributed by atoms with Crippen molar-refractivity contribution in [2.75, 3.05) is 4.72 Å². The summed E-state index contributed by atoms with van der Waals surface area (Å²) in [5, 5.41) is 9.81. The molecule has 6 nitrogen and oxygen atoms in total. The number of hydrogen-bond acceptors (Lipinski definition) is 5. The minimum atomic E-state index is -3.63. The third kappa shape index (κ3) is 4.50. The van der Waals surface area contributed by atoms with Gasteiger partial charge in [-0.05, 0) is 66.6 Å². The number of carboxylic acid groups (broad SMARTS) is 1. The molecule has 0 saturated carbocycles. The molecule has 2 N–H and O–H groups in total. The van der Waals surface area contributed by atoms with Gasteiger partial charge in [0.25, 0.3) is 0 Å². The van der Waals surface area contributed by atoms with Crippen molar-refractivity contribution < 1.29 is 18.3 Å². The average molecular weight is 439 g/mol. The van der Waals surface area contributed by atoms with Crippen molar-refractivity contribution in [3.8, 4) is 10.6 Å². The van der Waals surface area contributed by atoms with Gasteiger partial charge in [-0.25, -0.2) is 18.2 Å². The van der Waals surface area contributed by atoms with Gasteiger partial charge in [-0.15, -0.1) is 11.3 Å². The van der Waals surface area contributed by atoms with Gasteiger partial charge in [0.05, 0.1) is 21.5 Å². The van der Waals surface area contributed by atoms with Crippen LogP contribution in [0.25, 0.3) is 20.8 Å². The van der Waals surface area contributed by atoms with Crippen LogP contribution in [0.5, 0.6) is 0 Å². The Morgan fingerprint density at radius 1 is 1.03 bits per heavy atom. The number of aromatic carboxylic acids is 1. The van der Waals surface area contributed by atoms with Gasteiger partial charge in [-0.2, -0.15) is 0 Å². The molecule has 8 heteroatoms. The summed E-state index contributed by atoms with van der Waals surface area (Å²) in [6.07, 6.45) is 0. The Labute approximate surface area is 177 Å². The Hall–Kier alpha value is -3.23. The first kappa shape index (κ1) is 20.1. The number of benzene rings is 3. The zero-order valence-corrected chi connectivity index (χ0v) is 17.6. The first-order valence-corrected chi connectivity index (χ1v) is 11.6. The molecule has 0 saturated heterocycles. The number of carbonyl (C=O) groups is 1. The van der Waals surface area contributed by atoms with E-state index in [1.54, 1.807) is 23.5 Å². The maximum absolute atomic E-state index is 12.5. The van der Waals surface area contributed by atoms with Crippen molar-refractivity contribution in [3.05, 3.63) is 83.4 Å². The summed E-state index contributed by atoms with van der Waals surface area (Å²) in [6.45, 7) is 2.04. The van der Waals surface area contributed by atoms with E-state index in [9.17, 15) is 13.2 Å². The predicted octanol–water partition coefficient (Wildman–Crippen LogP) is 4.91. The molecule has 0 bridgehead atoms. The standard InChI is InChI=1S/C22H18N2O4S2/c1-14-2-11-19-20(12-14)29-21(23-19)16-7-9-18(10-8-16)24-30(27,28)13-15-3-5-17(6-4-15)22(25)26/h2-12,24H,13H2,1H3,(H,25,26). The van der Waals surface area contributed by atoms with E-state index in [1.165, 1.54) is 29.8 Å². The Morgan fingerprint density at radius 3 is 2.40 bits per heavy atom. The number of nitrogens with one attached hydrogen (secondary N) is 1. The zero-order valence-electron chi connectivity index (χ0n) is 16.0. The van der Waals surface area contributed by atoms with Crippen LogP contribution in [-0.2, 0) is 15.8 Å². The second-order valence-corrected chi connectivity index (χ2v) is 9.68. The fraction of sp³-hybridized carbons (Fsp3) is 0.0909. The highest BCUT2D eigenvalue weighted by atomic mass is 32.2. The highest BCUT2D eigenvalue weighted by Crippen LogP contribution is 2.31. The SMILES string of the molecule is Cc1ccc2nc(-c3ccc(NS(=O)(=O)Cc4ccc(C(=O)O)cc4)cc3)sc2c1. The van der Waals surface area contributed by atoms with Crippen LogP contribution in [0.3, 0.4) is 0 Å². The van der Waals surface area contributed by atoms with Crippen LogP contribution in [0.2, 0.25) is 0 Å². The molecule has 0 fully saturated rings. The molecule has 0 aliphatic heterocycles. The van der Waals surface area contributed by atoms with E-state index in [0.717, 1.165) is 20.8 Å². The number of sulfonamides is 1. The molecule has 3 aromatic carbocycles. The monoisotopic (exact) mass is 438 g/mol. The van der Waals surface area contributed by atoms with E-state index in [-0.39, 0.29) is 11.3 Å². The Kier molecular flexibility index (Phi) is 5.27. The van der Waals surface area contributed by atoms with Gasteiger partial charge >= 0.3 is 5.97 Å². The molecule has 30 heavy (non-hydrogen) atoms. The molecule has 152 valence electrons. The van der Waals surface area contributed by atoms with Gasteiger partial charge in [-0.3, -0.25) is 4.72 Å². The molecule has 0 radical (unpaired) electrons. The van der Waals surface area contributed by atoms with Gasteiger partial charge in [0.2, 0.25) is 10.0 Å². The highest BCUT2D eigenvalue weighted by molar-refractivity contribution is 7.91. The van der Waals surface area contributed by atoms with E-state index in [4.69, 9.17) is 5.11 Å². The first-order valence-electron chi connectivity index (χ1n) is 9.09. The van der Waals surface area contributed by atoms with Gasteiger partial charge < -0.3 is 5.11 Å². The van der Waals surface area contributed by atoms with Crippen LogP contribution >= 0.6 is 11.3 Å². The second-order valence-electron chi connectivity index (χ2n) is 6.93. The molecule has 0 unspecified atom stereocenters. The van der Waals surface area contributed by atoms with Crippen LogP contribution in [0.1, 0.15) is 21.5 Å². The summed E-state index contributed by atoms with van der Waals surface area (Å²) >= 11 is 1.60. The average Bonchev–Trinajstić information content (AvgIpc) is 3.11. The lowest BCUT2D eigenvalue weighted by Gasteiger charge is -2.09. The lowest BCUT2D eigenvalue weighted by molar-refractivity contribution is 0.0697. The van der Waals surface area contributed by atoms with Gasteiger partial charge in [0.1, 0.15) is 5.01 Å². The summed E-state index contributed by atoms with van der Waals surface area (Å²) in [5.41, 5.74) is 4.12. The molecule has 0 atom stereocenters. The topological polar surface area (TPSA) is 96.4 Å². The molecule has 1 aromatic heterocycles. The normalized spacial score (nSPS) is 11.5. The number of aromatic nitrogens is 1. The molecule has 0 aliphatic rings. The van der Waals surface area contributed by atoms with Crippen LogP contribution < -0.4 is 4.72 Å². The van der Waals surface area contributed by atoms with Crippen molar-refractivity contribution in [1.29, 1.82) is 0 Å². The number of hydrogen-bond donors (Lipinski definition) is 2. The molecule has 0 amide bonds. The Bertz CT molecular complexity index is 1330. The number of thiazole rings is 1. The minimum absolute atomic E-state index is 0.115. The van der Waals surface area contributed by atoms with Crippen LogP contribution in [0.4, 0.5) is 5.69 Å². The minimum Gasteiger partial charge on any atom is -0.478 e. The summed E-state index contributed by atoms with van der Waals surface area (Å²) < 4.78 is 28.6. The highest BCUT2D eigenvalue weighted by Gasteiger charge is 2.13. The fourth-order valence-electron chi connectivity index (χ4n) is 3.01. The molecule has 0 spiro atoms. The van der Waals surface area contributed by atoms with Gasteiger partial charge in [0.15, 0.2) is 0 Å². The Morgan fingerprint density at radius 2 is 1.73 bits per heavy atom. The van der Waals surface area contributed by atoms with Crippen molar-refractivity contribution in [1.82, 2.24) is 4.98 Å². The van der Waals surface area contributed by atoms with E-state index < -0.39 is 16.0 Å². The maximum atomic E-state index is 12.5. The van der Waals surface area contributed by atoms with E-state index >= 15 is 0 Å². The van der Waals surface area contributed by atoms with Crippen molar-refractivity contribution in [3.63, 3.8) is 0 Å². The van der Waals surface area contributed by atoms with Crippen LogP contribution in [0, 0.1) is 6.92 Å². The number of carboxylic acids is 1. The third-order valence-electron chi connectivity index (χ3n) is 4.51. The van der Waals surface area contributed by atoms with E-state index in [0.29, 0.717) is 11.3 Å². The molecule has 1 heterocycles. The fourth-order valence-corrected chi connectivity index (χ4v) is 5.28. The summed E-state index contributed by atoms with van der Waals surface area (Å²) in [5.74, 6) is -1.29. The quantitative estimate of drug-likeness (QED) is 0.446. The number of fused-ring (bicyclic) bond motifs is 1. The first-order chi connectivity index (χ1) is 14.3. The maximum Gasteiger partial charge on any atom is 0.335 e. The zero-order chi connectivity index (χ0) is 21.3. The van der Waals surface area contributed by atoms with Crippen LogP contribution in [0.15, 0.2) is 66.7 Å². The molecule has 4 rings (SSSR count). The van der Waals surface area contributed by atoms with E-state index in [2.05, 4.69) is 15.8 Å². The molecule has 4 aromatic rings. The molecular weight excluding hydrogens is 420 g/mol. The molecular formula is C22H18N2O4S2. The molecule has 0 aliphatic carbocycles. The number of aryl methyl sites for hydroxylation is 1. The van der Waals surface area contributed by atoms with Crippen molar-refractivity contribution in [2.24, 2.45) is 0 Å². The smallest absolute Gasteiger partial charge is 0.335 e. The summed E-state index contributed by atoms with van der Waals surface area (Å²) in [4.78, 5) is 15.5. The van der Waals surface area contributed by atoms with Crippen molar-refractivity contribution >= 4 is 43.2 Å². The second kappa shape index (κ2) is 7.89. The van der Waals surface area contributed by atoms with E-state index in [1.807, 2.05) is 31.2 Å². The summed E-state index contributed by atoms with van der Waals surface area (Å²) in [7, 11) is -3.63. The van der Waals surface area contributed by atoms with Gasteiger partial charge in [0, 0.05) is 11.3 Å². The van der Waals surface area contributed by atoms with Crippen molar-refractivity contribution in [2.45, 2.75) is 12.7 Å². The third-order valence-corrected chi connectivity index (χ3v) is 6.83. The largest absolute Gasteiger partial charge is 0.478 e. The van der Waals surface area contributed by atoms with Crippen LogP contribution in [-0.4, -0.2) is 24.5 Å². The Balaban J connectivity index is 1.48.